The fraction of sp³-hybridized carbons (Fsp3) is 0.267. The Balaban J connectivity index is 2.40. The number of thiophene rings is 1. The average molecular weight is 295 g/mol. The van der Waals surface area contributed by atoms with Crippen molar-refractivity contribution in [3.63, 3.8) is 0 Å². The first-order valence-corrected chi connectivity index (χ1v) is 7.20. The summed E-state index contributed by atoms with van der Waals surface area (Å²) in [5.41, 5.74) is 0.897. The van der Waals surface area contributed by atoms with Crippen molar-refractivity contribution in [2.75, 3.05) is 7.11 Å². The van der Waals surface area contributed by atoms with E-state index in [4.69, 9.17) is 16.3 Å². The van der Waals surface area contributed by atoms with Crippen LogP contribution in [-0.2, 0) is 0 Å². The van der Waals surface area contributed by atoms with E-state index < -0.39 is 0 Å². The lowest BCUT2D eigenvalue weighted by molar-refractivity contribution is 0.0943. The fourth-order valence-electron chi connectivity index (χ4n) is 1.72. The van der Waals surface area contributed by atoms with Crippen molar-refractivity contribution in [3.05, 3.63) is 40.2 Å². The number of halogens is 1. The first kappa shape index (κ1) is 14.1. The van der Waals surface area contributed by atoms with E-state index in [0.717, 1.165) is 21.1 Å². The van der Waals surface area contributed by atoms with Crippen molar-refractivity contribution >= 4 is 28.7 Å². The predicted octanol–water partition coefficient (Wildman–Crippen LogP) is 4.92. The van der Waals surface area contributed by atoms with Gasteiger partial charge >= 0.3 is 0 Å². The highest BCUT2D eigenvalue weighted by Crippen LogP contribution is 2.36. The van der Waals surface area contributed by atoms with Crippen LogP contribution in [0.25, 0.3) is 10.4 Å². The molecule has 100 valence electrons. The molecule has 0 saturated heterocycles. The van der Waals surface area contributed by atoms with Gasteiger partial charge in [-0.05, 0) is 30.3 Å². The van der Waals surface area contributed by atoms with Gasteiger partial charge < -0.3 is 4.74 Å². The van der Waals surface area contributed by atoms with E-state index in [-0.39, 0.29) is 11.7 Å². The second-order valence-corrected chi connectivity index (χ2v) is 6.02. The summed E-state index contributed by atoms with van der Waals surface area (Å²) in [7, 11) is 1.62. The summed E-state index contributed by atoms with van der Waals surface area (Å²) >= 11 is 7.67. The van der Waals surface area contributed by atoms with E-state index in [0.29, 0.717) is 5.02 Å². The molecule has 0 unspecified atom stereocenters. The Hall–Kier alpha value is -1.32. The molecule has 0 bridgehead atoms. The SMILES string of the molecule is COc1ccc(Cl)c(-c2ccc(C(=O)C(C)C)s2)c1. The summed E-state index contributed by atoms with van der Waals surface area (Å²) < 4.78 is 5.20. The molecule has 0 aliphatic heterocycles. The average Bonchev–Trinajstić information content (AvgIpc) is 2.87. The van der Waals surface area contributed by atoms with Gasteiger partial charge in [-0.25, -0.2) is 0 Å². The Bertz CT molecular complexity index is 602. The smallest absolute Gasteiger partial charge is 0.175 e. The molecule has 1 aromatic heterocycles. The number of ketones is 1. The van der Waals surface area contributed by atoms with Gasteiger partial charge in [0.1, 0.15) is 5.75 Å². The van der Waals surface area contributed by atoms with Crippen molar-refractivity contribution in [2.45, 2.75) is 13.8 Å². The van der Waals surface area contributed by atoms with Crippen molar-refractivity contribution in [2.24, 2.45) is 5.92 Å². The third-order valence-corrected chi connectivity index (χ3v) is 4.27. The molecular formula is C15H15ClO2S. The van der Waals surface area contributed by atoms with E-state index in [1.165, 1.54) is 11.3 Å². The standard InChI is InChI=1S/C15H15ClO2S/c1-9(2)15(17)14-7-6-13(19-14)11-8-10(18-3)4-5-12(11)16/h4-9H,1-3H3. The highest BCUT2D eigenvalue weighted by molar-refractivity contribution is 7.17. The largest absolute Gasteiger partial charge is 0.497 e. The van der Waals surface area contributed by atoms with Crippen molar-refractivity contribution < 1.29 is 9.53 Å². The van der Waals surface area contributed by atoms with Crippen LogP contribution in [0.5, 0.6) is 5.75 Å². The zero-order valence-electron chi connectivity index (χ0n) is 11.1. The molecule has 1 heterocycles. The van der Waals surface area contributed by atoms with E-state index in [2.05, 4.69) is 0 Å². The summed E-state index contributed by atoms with van der Waals surface area (Å²) in [5, 5.41) is 0.659. The molecule has 19 heavy (non-hydrogen) atoms. The van der Waals surface area contributed by atoms with Crippen LogP contribution >= 0.6 is 22.9 Å². The lowest BCUT2D eigenvalue weighted by Crippen LogP contribution is -2.04. The second-order valence-electron chi connectivity index (χ2n) is 4.53. The van der Waals surface area contributed by atoms with Crippen LogP contribution in [0.1, 0.15) is 23.5 Å². The van der Waals surface area contributed by atoms with Crippen molar-refractivity contribution in [1.29, 1.82) is 0 Å². The maximum atomic E-state index is 11.9. The lowest BCUT2D eigenvalue weighted by Gasteiger charge is -2.05. The molecule has 0 amide bonds. The molecule has 2 aromatic rings. The molecule has 0 spiro atoms. The number of ether oxygens (including phenoxy) is 1. The van der Waals surface area contributed by atoms with Gasteiger partial charge in [-0.3, -0.25) is 4.79 Å². The van der Waals surface area contributed by atoms with Crippen LogP contribution in [0.4, 0.5) is 0 Å². The summed E-state index contributed by atoms with van der Waals surface area (Å²) in [6, 6.07) is 9.30. The van der Waals surface area contributed by atoms with Crippen LogP contribution in [-0.4, -0.2) is 12.9 Å². The number of carbonyl (C=O) groups is 1. The molecule has 0 saturated carbocycles. The van der Waals surface area contributed by atoms with Crippen LogP contribution in [0.3, 0.4) is 0 Å². The van der Waals surface area contributed by atoms with Crippen LogP contribution < -0.4 is 4.74 Å². The minimum absolute atomic E-state index is 0.00674. The van der Waals surface area contributed by atoms with Crippen LogP contribution in [0, 0.1) is 5.92 Å². The number of rotatable bonds is 4. The molecule has 0 aliphatic rings. The monoisotopic (exact) mass is 294 g/mol. The Morgan fingerprint density at radius 3 is 2.63 bits per heavy atom. The lowest BCUT2D eigenvalue weighted by atomic mass is 10.1. The first-order valence-electron chi connectivity index (χ1n) is 6.01. The van der Waals surface area contributed by atoms with Gasteiger partial charge in [0, 0.05) is 21.4 Å². The summed E-state index contributed by atoms with van der Waals surface area (Å²) in [4.78, 5) is 13.7. The molecule has 0 aliphatic carbocycles. The van der Waals surface area contributed by atoms with Gasteiger partial charge in [0.25, 0.3) is 0 Å². The third-order valence-electron chi connectivity index (χ3n) is 2.81. The van der Waals surface area contributed by atoms with E-state index >= 15 is 0 Å². The Labute approximate surface area is 122 Å². The van der Waals surface area contributed by atoms with Crippen LogP contribution in [0.2, 0.25) is 5.02 Å². The van der Waals surface area contributed by atoms with E-state index in [1.54, 1.807) is 13.2 Å². The Morgan fingerprint density at radius 2 is 2.00 bits per heavy atom. The van der Waals surface area contributed by atoms with Gasteiger partial charge in [-0.1, -0.05) is 25.4 Å². The van der Waals surface area contributed by atoms with E-state index in [9.17, 15) is 4.79 Å². The number of carbonyl (C=O) groups excluding carboxylic acids is 1. The molecule has 4 heteroatoms. The second kappa shape index (κ2) is 5.76. The van der Waals surface area contributed by atoms with Gasteiger partial charge in [0.15, 0.2) is 5.78 Å². The number of methoxy groups -OCH3 is 1. The molecule has 0 atom stereocenters. The maximum Gasteiger partial charge on any atom is 0.175 e. The van der Waals surface area contributed by atoms with Crippen molar-refractivity contribution in [1.82, 2.24) is 0 Å². The first-order chi connectivity index (χ1) is 9.02. The molecule has 0 radical (unpaired) electrons. The summed E-state index contributed by atoms with van der Waals surface area (Å²) in [6.45, 7) is 3.81. The van der Waals surface area contributed by atoms with Gasteiger partial charge in [-0.15, -0.1) is 11.3 Å². The molecule has 0 fully saturated rings. The molecule has 0 N–H and O–H groups in total. The van der Waals surface area contributed by atoms with Gasteiger partial charge in [0.2, 0.25) is 0 Å². The Kier molecular flexibility index (Phi) is 4.27. The molecule has 2 nitrogen and oxygen atoms in total. The Morgan fingerprint density at radius 1 is 1.26 bits per heavy atom. The van der Waals surface area contributed by atoms with E-state index in [1.807, 2.05) is 38.1 Å². The normalized spacial score (nSPS) is 10.8. The minimum Gasteiger partial charge on any atom is -0.497 e. The maximum absolute atomic E-state index is 11.9. The zero-order valence-corrected chi connectivity index (χ0v) is 12.6. The molecule has 2 rings (SSSR count). The number of Topliss-reactive ketones (excluding diaryl/α,β-unsaturated/α-hetero) is 1. The summed E-state index contributed by atoms with van der Waals surface area (Å²) in [6.07, 6.45) is 0. The summed E-state index contributed by atoms with van der Waals surface area (Å²) in [5.74, 6) is 0.923. The highest BCUT2D eigenvalue weighted by Gasteiger charge is 2.15. The van der Waals surface area contributed by atoms with Gasteiger partial charge in [-0.2, -0.15) is 0 Å². The van der Waals surface area contributed by atoms with Crippen LogP contribution in [0.15, 0.2) is 30.3 Å². The molecular weight excluding hydrogens is 280 g/mol. The predicted molar refractivity (Wildman–Crippen MR) is 80.5 cm³/mol. The zero-order chi connectivity index (χ0) is 14.0. The number of hydrogen-bond donors (Lipinski definition) is 0. The topological polar surface area (TPSA) is 26.3 Å². The van der Waals surface area contributed by atoms with Crippen molar-refractivity contribution in [3.8, 4) is 16.2 Å². The highest BCUT2D eigenvalue weighted by atomic mass is 35.5. The minimum atomic E-state index is 0.00674. The quantitative estimate of drug-likeness (QED) is 0.749. The fourth-order valence-corrected chi connectivity index (χ4v) is 3.12. The number of benzene rings is 1. The number of hydrogen-bond acceptors (Lipinski definition) is 3. The molecule has 1 aromatic carbocycles. The van der Waals surface area contributed by atoms with Gasteiger partial charge in [0.05, 0.1) is 12.0 Å². The third kappa shape index (κ3) is 2.99.